The number of thiophene rings is 1. The lowest BCUT2D eigenvalue weighted by Gasteiger charge is -2.26. The lowest BCUT2D eigenvalue weighted by molar-refractivity contribution is -0.116. The summed E-state index contributed by atoms with van der Waals surface area (Å²) >= 11 is 10.9. The maximum absolute atomic E-state index is 12.7. The lowest BCUT2D eigenvalue weighted by atomic mass is 10.0. The average molecular weight is 516 g/mol. The van der Waals surface area contributed by atoms with Gasteiger partial charge in [0.05, 0.1) is 21.6 Å². The van der Waals surface area contributed by atoms with Gasteiger partial charge in [0, 0.05) is 29.7 Å². The van der Waals surface area contributed by atoms with Gasteiger partial charge >= 0.3 is 0 Å². The zero-order valence-electron chi connectivity index (χ0n) is 17.3. The van der Waals surface area contributed by atoms with Crippen LogP contribution in [0, 0.1) is 13.8 Å². The van der Waals surface area contributed by atoms with E-state index in [4.69, 9.17) is 12.2 Å². The molecular weight excluding hydrogens is 492 g/mol. The number of nitrogens with zero attached hydrogens (tertiary/aromatic N) is 2. The van der Waals surface area contributed by atoms with E-state index in [1.165, 1.54) is 4.88 Å². The van der Waals surface area contributed by atoms with Crippen LogP contribution in [0.1, 0.15) is 40.2 Å². The number of halogens is 1. The SMILES string of the molecule is Cc1ccc(C)c(NC(=O)CCN2C(=S)N[C@@H](c3ccccn3)[C@@H]2c2ccc(Br)s2)c1. The minimum absolute atomic E-state index is 0.0211. The van der Waals surface area contributed by atoms with E-state index in [0.29, 0.717) is 18.1 Å². The first-order valence-corrected chi connectivity index (χ1v) is 12.0. The van der Waals surface area contributed by atoms with Crippen molar-refractivity contribution in [2.45, 2.75) is 32.4 Å². The highest BCUT2D eigenvalue weighted by Crippen LogP contribution is 2.42. The Morgan fingerprint density at radius 3 is 2.81 bits per heavy atom. The zero-order chi connectivity index (χ0) is 22.0. The topological polar surface area (TPSA) is 57.3 Å². The van der Waals surface area contributed by atoms with Crippen molar-refractivity contribution in [1.82, 2.24) is 15.2 Å². The van der Waals surface area contributed by atoms with Gasteiger partial charge in [-0.3, -0.25) is 9.78 Å². The van der Waals surface area contributed by atoms with Gasteiger partial charge in [0.15, 0.2) is 5.11 Å². The number of thiocarbonyl (C=S) groups is 1. The maximum atomic E-state index is 12.7. The number of rotatable bonds is 6. The minimum Gasteiger partial charge on any atom is -0.352 e. The Balaban J connectivity index is 1.52. The summed E-state index contributed by atoms with van der Waals surface area (Å²) in [6, 6.07) is 16.0. The smallest absolute Gasteiger partial charge is 0.226 e. The Bertz CT molecular complexity index is 1100. The molecule has 3 heterocycles. The monoisotopic (exact) mass is 514 g/mol. The second kappa shape index (κ2) is 9.46. The number of carbonyl (C=O) groups is 1. The van der Waals surface area contributed by atoms with Crippen LogP contribution >= 0.6 is 39.5 Å². The van der Waals surface area contributed by atoms with E-state index in [1.54, 1.807) is 17.5 Å². The van der Waals surface area contributed by atoms with E-state index in [0.717, 1.165) is 26.3 Å². The Kier molecular flexibility index (Phi) is 6.69. The highest BCUT2D eigenvalue weighted by Gasteiger charge is 2.40. The first-order chi connectivity index (χ1) is 14.9. The molecule has 3 aromatic rings. The van der Waals surface area contributed by atoms with Crippen molar-refractivity contribution in [2.75, 3.05) is 11.9 Å². The van der Waals surface area contributed by atoms with Crippen molar-refractivity contribution >= 4 is 56.2 Å². The van der Waals surface area contributed by atoms with Crippen molar-refractivity contribution in [3.05, 3.63) is 80.2 Å². The second-order valence-corrected chi connectivity index (χ2v) is 10.5. The molecule has 1 aliphatic rings. The summed E-state index contributed by atoms with van der Waals surface area (Å²) in [7, 11) is 0. The van der Waals surface area contributed by atoms with E-state index in [2.05, 4.69) is 42.5 Å². The van der Waals surface area contributed by atoms with Crippen LogP contribution in [0.15, 0.2) is 58.5 Å². The fourth-order valence-corrected chi connectivity index (χ4v) is 5.65. The number of hydrogen-bond acceptors (Lipinski definition) is 4. The molecule has 8 heteroatoms. The van der Waals surface area contributed by atoms with Gasteiger partial charge in [0.1, 0.15) is 0 Å². The molecule has 1 amide bonds. The van der Waals surface area contributed by atoms with E-state index in [9.17, 15) is 4.79 Å². The number of benzene rings is 1. The van der Waals surface area contributed by atoms with Gasteiger partial charge in [-0.1, -0.05) is 18.2 Å². The molecule has 31 heavy (non-hydrogen) atoms. The third kappa shape index (κ3) is 4.97. The predicted molar refractivity (Wildman–Crippen MR) is 133 cm³/mol. The second-order valence-electron chi connectivity index (χ2n) is 7.58. The maximum Gasteiger partial charge on any atom is 0.226 e. The van der Waals surface area contributed by atoms with Crippen LogP contribution in [0.4, 0.5) is 5.69 Å². The Morgan fingerprint density at radius 1 is 1.26 bits per heavy atom. The summed E-state index contributed by atoms with van der Waals surface area (Å²) in [5.74, 6) is -0.0242. The van der Waals surface area contributed by atoms with Crippen LogP contribution < -0.4 is 10.6 Å². The summed E-state index contributed by atoms with van der Waals surface area (Å²) in [6.45, 7) is 4.54. The molecule has 0 radical (unpaired) electrons. The quantitative estimate of drug-likeness (QED) is 0.424. The fourth-order valence-electron chi connectivity index (χ4n) is 3.75. The average Bonchev–Trinajstić information content (AvgIpc) is 3.32. The van der Waals surface area contributed by atoms with Crippen LogP contribution in [0.5, 0.6) is 0 Å². The third-order valence-electron chi connectivity index (χ3n) is 5.33. The lowest BCUT2D eigenvalue weighted by Crippen LogP contribution is -2.32. The molecule has 5 nitrogen and oxygen atoms in total. The molecule has 1 aliphatic heterocycles. The normalized spacial score (nSPS) is 18.2. The molecule has 0 spiro atoms. The Morgan fingerprint density at radius 2 is 2.10 bits per heavy atom. The van der Waals surface area contributed by atoms with Gasteiger partial charge in [-0.25, -0.2) is 0 Å². The van der Waals surface area contributed by atoms with E-state index >= 15 is 0 Å². The third-order valence-corrected chi connectivity index (χ3v) is 7.38. The molecule has 2 aromatic heterocycles. The van der Waals surface area contributed by atoms with Crippen molar-refractivity contribution < 1.29 is 4.79 Å². The molecule has 1 aromatic carbocycles. The zero-order valence-corrected chi connectivity index (χ0v) is 20.5. The molecule has 160 valence electrons. The molecule has 0 unspecified atom stereocenters. The van der Waals surface area contributed by atoms with E-state index in [-0.39, 0.29) is 18.0 Å². The number of anilines is 1. The van der Waals surface area contributed by atoms with Gasteiger partial charge in [0.25, 0.3) is 0 Å². The van der Waals surface area contributed by atoms with Gasteiger partial charge in [-0.2, -0.15) is 0 Å². The summed E-state index contributed by atoms with van der Waals surface area (Å²) in [5, 5.41) is 7.11. The van der Waals surface area contributed by atoms with Crippen molar-refractivity contribution in [3.63, 3.8) is 0 Å². The molecular formula is C23H23BrN4OS2. The molecule has 2 N–H and O–H groups in total. The van der Waals surface area contributed by atoms with Crippen molar-refractivity contribution in [3.8, 4) is 0 Å². The fraction of sp³-hybridized carbons (Fsp3) is 0.261. The van der Waals surface area contributed by atoms with Crippen molar-refractivity contribution in [2.24, 2.45) is 0 Å². The number of amides is 1. The van der Waals surface area contributed by atoms with Gasteiger partial charge in [-0.05, 0) is 83.5 Å². The largest absolute Gasteiger partial charge is 0.352 e. The number of carbonyl (C=O) groups excluding carboxylic acids is 1. The van der Waals surface area contributed by atoms with Gasteiger partial charge < -0.3 is 15.5 Å². The number of pyridine rings is 1. The number of hydrogen-bond donors (Lipinski definition) is 2. The minimum atomic E-state index is -0.0682. The highest BCUT2D eigenvalue weighted by molar-refractivity contribution is 9.11. The van der Waals surface area contributed by atoms with Crippen LogP contribution in [0.3, 0.4) is 0 Å². The van der Waals surface area contributed by atoms with E-state index in [1.807, 2.05) is 56.3 Å². The van der Waals surface area contributed by atoms with Crippen molar-refractivity contribution in [1.29, 1.82) is 0 Å². The Hall–Kier alpha value is -2.29. The molecule has 0 saturated carbocycles. The molecule has 0 bridgehead atoms. The van der Waals surface area contributed by atoms with Gasteiger partial charge in [-0.15, -0.1) is 11.3 Å². The van der Waals surface area contributed by atoms with E-state index < -0.39 is 0 Å². The Labute approximate surface area is 200 Å². The summed E-state index contributed by atoms with van der Waals surface area (Å²) in [5.41, 5.74) is 3.96. The first kappa shape index (κ1) is 21.9. The summed E-state index contributed by atoms with van der Waals surface area (Å²) < 4.78 is 1.06. The van der Waals surface area contributed by atoms with Crippen LogP contribution in [0.2, 0.25) is 0 Å². The molecule has 1 saturated heterocycles. The predicted octanol–water partition coefficient (Wildman–Crippen LogP) is 5.52. The van der Waals surface area contributed by atoms with Crippen LogP contribution in [-0.2, 0) is 4.79 Å². The summed E-state index contributed by atoms with van der Waals surface area (Å²) in [6.07, 6.45) is 2.13. The first-order valence-electron chi connectivity index (χ1n) is 10.0. The highest BCUT2D eigenvalue weighted by atomic mass is 79.9. The van der Waals surface area contributed by atoms with Gasteiger partial charge in [0.2, 0.25) is 5.91 Å². The molecule has 2 atom stereocenters. The van der Waals surface area contributed by atoms with Crippen LogP contribution in [-0.4, -0.2) is 27.4 Å². The standard InChI is InChI=1S/C23H23BrN4OS2/c1-14-6-7-15(2)17(13-14)26-20(29)10-12-28-22(18-8-9-19(24)31-18)21(27-23(28)30)16-5-3-4-11-25-16/h3-9,11,13,21-22H,10,12H2,1-2H3,(H,26,29)(H,27,30)/t21-,22-/m0/s1. The molecule has 0 aliphatic carbocycles. The number of nitrogens with one attached hydrogen (secondary N) is 2. The number of aryl methyl sites for hydroxylation is 2. The molecule has 1 fully saturated rings. The number of aromatic nitrogens is 1. The van der Waals surface area contributed by atoms with Crippen LogP contribution in [0.25, 0.3) is 0 Å². The molecule has 4 rings (SSSR count). The summed E-state index contributed by atoms with van der Waals surface area (Å²) in [4.78, 5) is 20.5.